The topological polar surface area (TPSA) is 34.5 Å². The molecule has 0 saturated heterocycles. The number of amides is 1. The lowest BCUT2D eigenvalue weighted by molar-refractivity contribution is 0.0796. The standard InChI is InChI=1S/C21H22N2O2/c1-22(15-12-17-8-10-20(25-2)11-9-17)21(24)18-6-5-7-19(16-18)23-13-3-4-14-23/h3-11,13-14,16H,12,15H2,1-2H3. The number of carbonyl (C=O) groups is 1. The summed E-state index contributed by atoms with van der Waals surface area (Å²) in [5, 5.41) is 0. The fourth-order valence-corrected chi connectivity index (χ4v) is 2.72. The number of likely N-dealkylation sites (N-methyl/N-ethyl adjacent to an activating group) is 1. The van der Waals surface area contributed by atoms with Crippen molar-refractivity contribution in [1.29, 1.82) is 0 Å². The first-order chi connectivity index (χ1) is 12.2. The second-order valence-electron chi connectivity index (χ2n) is 5.97. The number of hydrogen-bond acceptors (Lipinski definition) is 2. The number of aromatic nitrogens is 1. The summed E-state index contributed by atoms with van der Waals surface area (Å²) in [6.45, 7) is 0.666. The zero-order valence-corrected chi connectivity index (χ0v) is 14.6. The van der Waals surface area contributed by atoms with Crippen molar-refractivity contribution in [2.75, 3.05) is 20.7 Å². The predicted octanol–water partition coefficient (Wildman–Crippen LogP) is 3.80. The molecule has 2 aromatic carbocycles. The van der Waals surface area contributed by atoms with Crippen LogP contribution in [0.25, 0.3) is 5.69 Å². The van der Waals surface area contributed by atoms with Crippen LogP contribution in [0, 0.1) is 0 Å². The average Bonchev–Trinajstić information content (AvgIpc) is 3.21. The van der Waals surface area contributed by atoms with Crippen LogP contribution < -0.4 is 4.74 Å². The maximum atomic E-state index is 12.7. The monoisotopic (exact) mass is 334 g/mol. The molecule has 0 aliphatic rings. The first-order valence-electron chi connectivity index (χ1n) is 8.29. The largest absolute Gasteiger partial charge is 0.497 e. The first-order valence-corrected chi connectivity index (χ1v) is 8.29. The Kier molecular flexibility index (Phi) is 5.19. The van der Waals surface area contributed by atoms with Crippen molar-refractivity contribution >= 4 is 5.91 Å². The molecule has 1 heterocycles. The van der Waals surface area contributed by atoms with E-state index in [1.54, 1.807) is 12.0 Å². The molecule has 1 aromatic heterocycles. The minimum Gasteiger partial charge on any atom is -0.497 e. The number of rotatable bonds is 6. The zero-order valence-electron chi connectivity index (χ0n) is 14.6. The summed E-state index contributed by atoms with van der Waals surface area (Å²) in [7, 11) is 3.50. The second-order valence-corrected chi connectivity index (χ2v) is 5.97. The minimum absolute atomic E-state index is 0.0301. The van der Waals surface area contributed by atoms with Crippen molar-refractivity contribution in [3.63, 3.8) is 0 Å². The quantitative estimate of drug-likeness (QED) is 0.687. The van der Waals surface area contributed by atoms with E-state index in [1.807, 2.05) is 84.7 Å². The normalized spacial score (nSPS) is 10.5. The molecule has 0 atom stereocenters. The second kappa shape index (κ2) is 7.71. The van der Waals surface area contributed by atoms with Crippen molar-refractivity contribution in [3.8, 4) is 11.4 Å². The smallest absolute Gasteiger partial charge is 0.253 e. The Morgan fingerprint density at radius 1 is 1.04 bits per heavy atom. The number of hydrogen-bond donors (Lipinski definition) is 0. The fraction of sp³-hybridized carbons (Fsp3) is 0.190. The zero-order chi connectivity index (χ0) is 17.6. The number of ether oxygens (including phenoxy) is 1. The number of methoxy groups -OCH3 is 1. The molecule has 4 nitrogen and oxygen atoms in total. The highest BCUT2D eigenvalue weighted by Crippen LogP contribution is 2.14. The van der Waals surface area contributed by atoms with Gasteiger partial charge in [-0.15, -0.1) is 0 Å². The third-order valence-corrected chi connectivity index (χ3v) is 4.24. The van der Waals surface area contributed by atoms with Gasteiger partial charge in [0.05, 0.1) is 7.11 Å². The van der Waals surface area contributed by atoms with Crippen LogP contribution in [0.4, 0.5) is 0 Å². The maximum Gasteiger partial charge on any atom is 0.253 e. The van der Waals surface area contributed by atoms with Crippen LogP contribution >= 0.6 is 0 Å². The van der Waals surface area contributed by atoms with Gasteiger partial charge in [0.2, 0.25) is 0 Å². The number of carbonyl (C=O) groups excluding carboxylic acids is 1. The van der Waals surface area contributed by atoms with Crippen LogP contribution in [-0.2, 0) is 6.42 Å². The van der Waals surface area contributed by atoms with Gasteiger partial charge in [-0.05, 0) is 54.4 Å². The Labute approximate surface area is 148 Å². The Balaban J connectivity index is 1.64. The Morgan fingerprint density at radius 2 is 1.76 bits per heavy atom. The molecule has 0 saturated carbocycles. The summed E-state index contributed by atoms with van der Waals surface area (Å²) in [5.74, 6) is 0.873. The molecule has 0 fully saturated rings. The van der Waals surface area contributed by atoms with E-state index in [0.29, 0.717) is 12.1 Å². The lowest BCUT2D eigenvalue weighted by Gasteiger charge is -2.18. The average molecular weight is 334 g/mol. The van der Waals surface area contributed by atoms with E-state index >= 15 is 0 Å². The van der Waals surface area contributed by atoms with Gasteiger partial charge in [-0.1, -0.05) is 18.2 Å². The highest BCUT2D eigenvalue weighted by atomic mass is 16.5. The molecule has 1 amide bonds. The molecule has 0 radical (unpaired) electrons. The maximum absolute atomic E-state index is 12.7. The molecule has 0 spiro atoms. The van der Waals surface area contributed by atoms with Crippen LogP contribution in [-0.4, -0.2) is 36.1 Å². The molecular weight excluding hydrogens is 312 g/mol. The molecule has 0 aliphatic carbocycles. The summed E-state index contributed by atoms with van der Waals surface area (Å²) in [4.78, 5) is 14.4. The number of benzene rings is 2. The van der Waals surface area contributed by atoms with Gasteiger partial charge in [0.1, 0.15) is 5.75 Å². The molecule has 0 bridgehead atoms. The molecule has 3 rings (SSSR count). The van der Waals surface area contributed by atoms with Gasteiger partial charge in [-0.3, -0.25) is 4.79 Å². The molecule has 3 aromatic rings. The third-order valence-electron chi connectivity index (χ3n) is 4.24. The lowest BCUT2D eigenvalue weighted by atomic mass is 10.1. The van der Waals surface area contributed by atoms with E-state index in [4.69, 9.17) is 4.74 Å². The van der Waals surface area contributed by atoms with Gasteiger partial charge in [-0.25, -0.2) is 0 Å². The van der Waals surface area contributed by atoms with Gasteiger partial charge >= 0.3 is 0 Å². The van der Waals surface area contributed by atoms with Crippen LogP contribution in [0.1, 0.15) is 15.9 Å². The summed E-state index contributed by atoms with van der Waals surface area (Å²) in [5.41, 5.74) is 2.87. The molecule has 128 valence electrons. The van der Waals surface area contributed by atoms with Crippen molar-refractivity contribution in [1.82, 2.24) is 9.47 Å². The van der Waals surface area contributed by atoms with Gasteiger partial charge in [0, 0.05) is 37.2 Å². The van der Waals surface area contributed by atoms with Gasteiger partial charge in [0.25, 0.3) is 5.91 Å². The van der Waals surface area contributed by atoms with Crippen LogP contribution in [0.3, 0.4) is 0 Å². The number of nitrogens with zero attached hydrogens (tertiary/aromatic N) is 2. The summed E-state index contributed by atoms with van der Waals surface area (Å²) >= 11 is 0. The van der Waals surface area contributed by atoms with Crippen molar-refractivity contribution < 1.29 is 9.53 Å². The first kappa shape index (κ1) is 16.8. The van der Waals surface area contributed by atoms with Gasteiger partial charge < -0.3 is 14.2 Å². The Bertz CT molecular complexity index is 823. The molecule has 0 unspecified atom stereocenters. The lowest BCUT2D eigenvalue weighted by Crippen LogP contribution is -2.28. The van der Waals surface area contributed by atoms with E-state index in [9.17, 15) is 4.79 Å². The summed E-state index contributed by atoms with van der Waals surface area (Å²) in [6, 6.07) is 19.6. The van der Waals surface area contributed by atoms with E-state index in [1.165, 1.54) is 5.56 Å². The minimum atomic E-state index is 0.0301. The molecular formula is C21H22N2O2. The Hall–Kier alpha value is -3.01. The van der Waals surface area contributed by atoms with Crippen molar-refractivity contribution in [3.05, 3.63) is 84.2 Å². The SMILES string of the molecule is COc1ccc(CCN(C)C(=O)c2cccc(-n3cccc3)c2)cc1. The van der Waals surface area contributed by atoms with Crippen LogP contribution in [0.15, 0.2) is 73.1 Å². The van der Waals surface area contributed by atoms with Crippen LogP contribution in [0.5, 0.6) is 5.75 Å². The predicted molar refractivity (Wildman–Crippen MR) is 99.4 cm³/mol. The highest BCUT2D eigenvalue weighted by molar-refractivity contribution is 5.94. The molecule has 0 N–H and O–H groups in total. The molecule has 0 aliphatic heterocycles. The highest BCUT2D eigenvalue weighted by Gasteiger charge is 2.12. The van der Waals surface area contributed by atoms with E-state index in [0.717, 1.165) is 17.9 Å². The van der Waals surface area contributed by atoms with Crippen molar-refractivity contribution in [2.24, 2.45) is 0 Å². The molecule has 25 heavy (non-hydrogen) atoms. The molecule has 4 heteroatoms. The third kappa shape index (κ3) is 4.10. The summed E-state index contributed by atoms with van der Waals surface area (Å²) < 4.78 is 7.16. The van der Waals surface area contributed by atoms with E-state index in [2.05, 4.69) is 0 Å². The van der Waals surface area contributed by atoms with E-state index < -0.39 is 0 Å². The summed E-state index contributed by atoms with van der Waals surface area (Å²) in [6.07, 6.45) is 4.75. The van der Waals surface area contributed by atoms with E-state index in [-0.39, 0.29) is 5.91 Å². The van der Waals surface area contributed by atoms with Crippen molar-refractivity contribution in [2.45, 2.75) is 6.42 Å². The van der Waals surface area contributed by atoms with Crippen LogP contribution in [0.2, 0.25) is 0 Å². The van der Waals surface area contributed by atoms with Gasteiger partial charge in [0.15, 0.2) is 0 Å². The van der Waals surface area contributed by atoms with Gasteiger partial charge in [-0.2, -0.15) is 0 Å². The Morgan fingerprint density at radius 3 is 2.44 bits per heavy atom. The fourth-order valence-electron chi connectivity index (χ4n) is 2.72.